The Bertz CT molecular complexity index is 2490. The summed E-state index contributed by atoms with van der Waals surface area (Å²) >= 11 is 10.1. The highest BCUT2D eigenvalue weighted by molar-refractivity contribution is 8.15. The summed E-state index contributed by atoms with van der Waals surface area (Å²) in [5.41, 5.74) is 5.58. The van der Waals surface area contributed by atoms with Gasteiger partial charge in [0, 0.05) is 49.5 Å². The van der Waals surface area contributed by atoms with Crippen LogP contribution in [0.25, 0.3) is 41.4 Å². The number of hydrogen-bond donors (Lipinski definition) is 0. The molecule has 8 rings (SSSR count). The summed E-state index contributed by atoms with van der Waals surface area (Å²) in [6, 6.07) is 26.7. The first-order valence-corrected chi connectivity index (χ1v) is 30.1. The van der Waals surface area contributed by atoms with Crippen molar-refractivity contribution in [1.29, 1.82) is 0 Å². The van der Waals surface area contributed by atoms with E-state index in [1.165, 1.54) is 43.0 Å². The molecule has 0 saturated heterocycles. The Morgan fingerprint density at radius 3 is 0.983 bits per heavy atom. The predicted molar refractivity (Wildman–Crippen MR) is 267 cm³/mol. The highest BCUT2D eigenvalue weighted by Gasteiger charge is 2.46. The fourth-order valence-electron chi connectivity index (χ4n) is 11.3. The Morgan fingerprint density at radius 1 is 0.362 bits per heavy atom. The Balaban J connectivity index is 1.14. The Kier molecular flexibility index (Phi) is 11.6. The first-order chi connectivity index (χ1) is 27.5. The maximum absolute atomic E-state index is 13.9. The van der Waals surface area contributed by atoms with Gasteiger partial charge in [-0.15, -0.1) is 45.3 Å². The molecule has 0 amide bonds. The van der Waals surface area contributed by atoms with E-state index in [-0.39, 0.29) is 10.2 Å². The highest BCUT2D eigenvalue weighted by Crippen LogP contribution is 2.47. The average Bonchev–Trinajstić information content (AvgIpc) is 3.99. The molecule has 0 bridgehead atoms. The van der Waals surface area contributed by atoms with Crippen molar-refractivity contribution >= 4 is 126 Å². The zero-order valence-corrected chi connectivity index (χ0v) is 42.6. The number of rotatable bonds is 12. The Hall–Kier alpha value is -2.29. The molecule has 58 heavy (non-hydrogen) atoms. The van der Waals surface area contributed by atoms with Gasteiger partial charge in [0.15, 0.2) is 0 Å². The third-order valence-corrected chi connectivity index (χ3v) is 36.1. The van der Waals surface area contributed by atoms with Crippen LogP contribution in [0.1, 0.15) is 92.8 Å². The maximum atomic E-state index is 13.9. The quantitative estimate of drug-likeness (QED) is 0.115. The average molecular weight is 912 g/mol. The molecule has 2 aliphatic heterocycles. The van der Waals surface area contributed by atoms with Gasteiger partial charge in [0.1, 0.15) is 16.1 Å². The van der Waals surface area contributed by atoms with E-state index >= 15 is 0 Å². The minimum absolute atomic E-state index is 0.100. The molecule has 2 aromatic carbocycles. The van der Waals surface area contributed by atoms with Crippen molar-refractivity contribution in [2.75, 3.05) is 0 Å². The van der Waals surface area contributed by atoms with Crippen LogP contribution in [-0.4, -0.2) is 26.4 Å². The molecule has 302 valence electrons. The first-order valence-electron chi connectivity index (χ1n) is 20.7. The van der Waals surface area contributed by atoms with E-state index in [4.69, 9.17) is 0 Å². The lowest BCUT2D eigenvalue weighted by Gasteiger charge is -2.42. The third kappa shape index (κ3) is 6.48. The van der Waals surface area contributed by atoms with Crippen molar-refractivity contribution < 1.29 is 9.59 Å². The Morgan fingerprint density at radius 2 is 0.655 bits per heavy atom. The molecule has 0 radical (unpaired) electrons. The van der Waals surface area contributed by atoms with Gasteiger partial charge in [0.25, 0.3) is 0 Å². The van der Waals surface area contributed by atoms with E-state index in [9.17, 15) is 9.59 Å². The minimum atomic E-state index is -1.74. The largest absolute Gasteiger partial charge is 0.281 e. The van der Waals surface area contributed by atoms with E-state index in [0.29, 0.717) is 33.2 Å². The monoisotopic (exact) mass is 910 g/mol. The molecule has 0 spiro atoms. The van der Waals surface area contributed by atoms with Crippen LogP contribution in [0.2, 0.25) is 33.2 Å². The molecular formula is C48H54O2S6Si2. The summed E-state index contributed by atoms with van der Waals surface area (Å²) in [6.07, 6.45) is 0. The number of carbonyl (C=O) groups excluding carboxylic acids is 2. The van der Waals surface area contributed by atoms with Crippen molar-refractivity contribution in [2.24, 2.45) is 0 Å². The first kappa shape index (κ1) is 42.4. The van der Waals surface area contributed by atoms with Crippen LogP contribution < -0.4 is 19.4 Å². The van der Waals surface area contributed by atoms with Crippen molar-refractivity contribution in [3.05, 3.63) is 93.0 Å². The molecule has 0 saturated carbocycles. The normalized spacial score (nSPS) is 15.0. The molecule has 2 nitrogen and oxygen atoms in total. The molecule has 6 heterocycles. The lowest BCUT2D eigenvalue weighted by Crippen LogP contribution is -2.54. The summed E-state index contributed by atoms with van der Waals surface area (Å²) in [5, 5.41) is 4.31. The molecule has 0 unspecified atom stereocenters. The van der Waals surface area contributed by atoms with Gasteiger partial charge >= 0.3 is 0 Å². The molecule has 0 N–H and O–H groups in total. The molecule has 2 aliphatic rings. The number of thiophene rings is 4. The maximum Gasteiger partial charge on any atom is 0.226 e. The molecule has 0 atom stereocenters. The van der Waals surface area contributed by atoms with Crippen molar-refractivity contribution in [1.82, 2.24) is 0 Å². The summed E-state index contributed by atoms with van der Waals surface area (Å²) in [4.78, 5) is 36.9. The summed E-state index contributed by atoms with van der Waals surface area (Å²) in [6.45, 7) is 29.1. The number of benzene rings is 2. The van der Waals surface area contributed by atoms with Gasteiger partial charge in [-0.05, 0) is 113 Å². The second-order valence-corrected chi connectivity index (χ2v) is 36.7. The molecule has 0 fully saturated rings. The predicted octanol–water partition coefficient (Wildman–Crippen LogP) is 13.9. The molecule has 4 aromatic heterocycles. The summed E-state index contributed by atoms with van der Waals surface area (Å²) in [7, 11) is -3.49. The highest BCUT2D eigenvalue weighted by atomic mass is 32.2. The lowest BCUT2D eigenvalue weighted by molar-refractivity contribution is -0.106. The van der Waals surface area contributed by atoms with Crippen LogP contribution in [-0.2, 0) is 9.59 Å². The number of thioether (sulfide) groups is 2. The van der Waals surface area contributed by atoms with E-state index in [1.54, 1.807) is 31.7 Å². The van der Waals surface area contributed by atoms with Gasteiger partial charge in [-0.1, -0.05) is 119 Å². The van der Waals surface area contributed by atoms with E-state index < -0.39 is 16.1 Å². The van der Waals surface area contributed by atoms with Gasteiger partial charge in [0.05, 0.1) is 11.1 Å². The van der Waals surface area contributed by atoms with Crippen LogP contribution >= 0.6 is 68.9 Å². The zero-order chi connectivity index (χ0) is 41.6. The molecule has 0 aliphatic carbocycles. The third-order valence-electron chi connectivity index (χ3n) is 13.4. The number of carbonyl (C=O) groups is 2. The van der Waals surface area contributed by atoms with Crippen LogP contribution in [0, 0.1) is 0 Å². The van der Waals surface area contributed by atoms with Crippen LogP contribution in [0.3, 0.4) is 0 Å². The second kappa shape index (κ2) is 15.9. The molecule has 10 heteroatoms. The van der Waals surface area contributed by atoms with Gasteiger partial charge < -0.3 is 0 Å². The smallest absolute Gasteiger partial charge is 0.226 e. The fraction of sp³-hybridized carbons (Fsp3) is 0.375. The molecule has 6 aromatic rings. The summed E-state index contributed by atoms with van der Waals surface area (Å²) in [5.74, 6) is 0. The SMILES string of the molecule is CC(C)[Si](c1ccc(-c2ccc(C3=c4ccc5c6c(ccc5c4SC3=O)=C(c3ccc(-c4ccc([Si](C(C)C)(C(C)C)C(C)C)s4)s3)C(=O)S6)s2)s1)(C(C)C)C(C)C. The fourth-order valence-corrected chi connectivity index (χ4v) is 35.8. The topological polar surface area (TPSA) is 34.1 Å². The summed E-state index contributed by atoms with van der Waals surface area (Å²) < 4.78 is 3.19. The second-order valence-electron chi connectivity index (χ2n) is 18.0. The van der Waals surface area contributed by atoms with Crippen molar-refractivity contribution in [2.45, 2.75) is 126 Å². The van der Waals surface area contributed by atoms with Crippen LogP contribution in [0.4, 0.5) is 0 Å². The number of fused-ring (bicyclic) bond motifs is 5. The molecular weight excluding hydrogens is 857 g/mol. The Labute approximate surface area is 371 Å². The van der Waals surface area contributed by atoms with Crippen molar-refractivity contribution in [3.8, 4) is 19.5 Å². The minimum Gasteiger partial charge on any atom is -0.281 e. The van der Waals surface area contributed by atoms with Gasteiger partial charge in [0.2, 0.25) is 10.2 Å². The standard InChI is InChI=1S/C48H54O2S6Si2/c1-25(2)57(26(3)4,27(5)6)41-23-21-37(53-41)35-17-19-39(51-35)43-33-15-13-32-31(45(33)55-47(43)49)14-16-34-44(48(50)56-46(32)34)40-20-18-36(52-40)38-22-24-42(54-38)58(28(7)8,29(9)10)30(11)12/h13-30H,1-12H3. The lowest BCUT2D eigenvalue weighted by atomic mass is 10.0. The van der Waals surface area contributed by atoms with Gasteiger partial charge in [-0.2, -0.15) is 0 Å². The van der Waals surface area contributed by atoms with Gasteiger partial charge in [-0.3, -0.25) is 9.59 Å². The van der Waals surface area contributed by atoms with Gasteiger partial charge in [-0.25, -0.2) is 0 Å². The van der Waals surface area contributed by atoms with E-state index in [0.717, 1.165) is 51.9 Å². The zero-order valence-electron chi connectivity index (χ0n) is 35.7. The van der Waals surface area contributed by atoms with E-state index in [2.05, 4.69) is 156 Å². The van der Waals surface area contributed by atoms with Crippen LogP contribution in [0.15, 0.2) is 82.6 Å². The van der Waals surface area contributed by atoms with Crippen LogP contribution in [0.5, 0.6) is 0 Å². The van der Waals surface area contributed by atoms with E-state index in [1.807, 2.05) is 22.7 Å². The van der Waals surface area contributed by atoms with Crippen molar-refractivity contribution in [3.63, 3.8) is 0 Å². The number of hydrogen-bond acceptors (Lipinski definition) is 8.